The molecule has 0 aliphatic heterocycles. The van der Waals surface area contributed by atoms with Crippen molar-refractivity contribution in [3.05, 3.63) is 42.2 Å². The largest absolute Gasteiger partial charge is 0.491 e. The zero-order valence-electron chi connectivity index (χ0n) is 12.0. The maximum absolute atomic E-state index is 11.6. The molecule has 6 nitrogen and oxygen atoms in total. The van der Waals surface area contributed by atoms with Crippen molar-refractivity contribution in [2.45, 2.75) is 12.8 Å². The van der Waals surface area contributed by atoms with Gasteiger partial charge in [0.25, 0.3) is 0 Å². The second-order valence-electron chi connectivity index (χ2n) is 4.55. The fourth-order valence-electron chi connectivity index (χ4n) is 1.84. The molecular formula is C15H19N3O3. The monoisotopic (exact) mass is 289 g/mol. The number of nitrogen functional groups attached to an aromatic ring is 1. The Labute approximate surface area is 123 Å². The van der Waals surface area contributed by atoms with Gasteiger partial charge in [-0.3, -0.25) is 9.48 Å². The van der Waals surface area contributed by atoms with Crippen LogP contribution in [0.5, 0.6) is 5.75 Å². The minimum atomic E-state index is -0.285. The lowest BCUT2D eigenvalue weighted by atomic mass is 10.3. The highest BCUT2D eigenvalue weighted by atomic mass is 16.5. The van der Waals surface area contributed by atoms with Gasteiger partial charge in [0.1, 0.15) is 5.75 Å². The number of aryl methyl sites for hydroxylation is 1. The first-order chi connectivity index (χ1) is 10.2. The Morgan fingerprint density at radius 2 is 2.10 bits per heavy atom. The third-order valence-corrected chi connectivity index (χ3v) is 3.03. The second kappa shape index (κ2) is 7.33. The van der Waals surface area contributed by atoms with Crippen LogP contribution in [0.3, 0.4) is 0 Å². The molecule has 21 heavy (non-hydrogen) atoms. The van der Waals surface area contributed by atoms with E-state index in [1.54, 1.807) is 23.0 Å². The summed E-state index contributed by atoms with van der Waals surface area (Å²) >= 11 is 0. The topological polar surface area (TPSA) is 79.4 Å². The quantitative estimate of drug-likeness (QED) is 0.618. The molecule has 0 amide bonds. The summed E-state index contributed by atoms with van der Waals surface area (Å²) in [6.45, 7) is 0.588. The van der Waals surface area contributed by atoms with Crippen molar-refractivity contribution in [2.75, 3.05) is 18.9 Å². The van der Waals surface area contributed by atoms with Gasteiger partial charge in [-0.05, 0) is 18.2 Å². The van der Waals surface area contributed by atoms with E-state index >= 15 is 0 Å². The van der Waals surface area contributed by atoms with Gasteiger partial charge >= 0.3 is 5.97 Å². The van der Waals surface area contributed by atoms with Gasteiger partial charge in [-0.2, -0.15) is 5.10 Å². The molecule has 0 aliphatic rings. The zero-order valence-corrected chi connectivity index (χ0v) is 12.0. The van der Waals surface area contributed by atoms with Gasteiger partial charge in [-0.15, -0.1) is 0 Å². The minimum absolute atomic E-state index is 0.194. The van der Waals surface area contributed by atoms with E-state index < -0.39 is 0 Å². The summed E-state index contributed by atoms with van der Waals surface area (Å²) in [7, 11) is 1.86. The van der Waals surface area contributed by atoms with Crippen LogP contribution < -0.4 is 10.5 Å². The summed E-state index contributed by atoms with van der Waals surface area (Å²) in [6, 6.07) is 9.08. The van der Waals surface area contributed by atoms with Crippen molar-refractivity contribution >= 4 is 11.7 Å². The van der Waals surface area contributed by atoms with E-state index in [9.17, 15) is 4.79 Å². The molecule has 6 heteroatoms. The molecule has 1 heterocycles. The summed E-state index contributed by atoms with van der Waals surface area (Å²) in [4.78, 5) is 11.6. The molecule has 1 aromatic heterocycles. The molecule has 112 valence electrons. The molecule has 1 aromatic carbocycles. The summed E-state index contributed by atoms with van der Waals surface area (Å²) in [6.07, 6.45) is 2.56. The predicted molar refractivity (Wildman–Crippen MR) is 78.8 cm³/mol. The Balaban J connectivity index is 1.64. The number of hydrogen-bond donors (Lipinski definition) is 1. The lowest BCUT2D eigenvalue weighted by Gasteiger charge is -2.08. The van der Waals surface area contributed by atoms with E-state index in [-0.39, 0.29) is 19.0 Å². The first-order valence-corrected chi connectivity index (χ1v) is 6.76. The highest BCUT2D eigenvalue weighted by molar-refractivity contribution is 5.69. The molecule has 0 spiro atoms. The number of nitrogens with zero attached hydrogens (tertiary/aromatic N) is 2. The fraction of sp³-hybridized carbons (Fsp3) is 0.333. The van der Waals surface area contributed by atoms with Gasteiger partial charge in [-0.25, -0.2) is 0 Å². The number of para-hydroxylation sites is 2. The van der Waals surface area contributed by atoms with E-state index in [1.807, 2.05) is 25.2 Å². The molecule has 0 saturated heterocycles. The Morgan fingerprint density at radius 1 is 1.29 bits per heavy atom. The van der Waals surface area contributed by atoms with Crippen molar-refractivity contribution < 1.29 is 14.3 Å². The number of esters is 1. The number of rotatable bonds is 7. The van der Waals surface area contributed by atoms with Crippen molar-refractivity contribution in [1.29, 1.82) is 0 Å². The van der Waals surface area contributed by atoms with Crippen LogP contribution in [-0.2, 0) is 23.0 Å². The third kappa shape index (κ3) is 4.52. The molecule has 2 rings (SSSR count). The number of carbonyl (C=O) groups excluding carboxylic acids is 1. The van der Waals surface area contributed by atoms with E-state index in [2.05, 4.69) is 5.10 Å². The van der Waals surface area contributed by atoms with Gasteiger partial charge in [0.05, 0.1) is 25.3 Å². The number of nitrogens with two attached hydrogens (primary N) is 1. The number of hydrogen-bond acceptors (Lipinski definition) is 5. The highest BCUT2D eigenvalue weighted by Gasteiger charge is 2.06. The van der Waals surface area contributed by atoms with Crippen LogP contribution in [0.4, 0.5) is 5.69 Å². The van der Waals surface area contributed by atoms with Crippen molar-refractivity contribution in [3.63, 3.8) is 0 Å². The smallest absolute Gasteiger partial charge is 0.309 e. The number of ether oxygens (including phenoxy) is 2. The van der Waals surface area contributed by atoms with E-state index in [0.717, 1.165) is 5.69 Å². The minimum Gasteiger partial charge on any atom is -0.491 e. The van der Waals surface area contributed by atoms with Crippen LogP contribution in [0.25, 0.3) is 0 Å². The van der Waals surface area contributed by atoms with Gasteiger partial charge < -0.3 is 15.2 Å². The summed E-state index contributed by atoms with van der Waals surface area (Å²) in [5.74, 6) is 0.298. The number of aromatic nitrogens is 2. The average Bonchev–Trinajstić information content (AvgIpc) is 2.87. The fourth-order valence-corrected chi connectivity index (χ4v) is 1.84. The Bertz CT molecular complexity index is 595. The molecule has 0 radical (unpaired) electrons. The summed E-state index contributed by atoms with van der Waals surface area (Å²) in [5, 5.41) is 4.05. The standard InChI is InChI=1S/C15H19N3O3/c1-18-12(6-9-17-18)7-10-21-15(19)8-11-20-14-5-3-2-4-13(14)16/h2-6,9H,7-8,10-11,16H2,1H3. The van der Waals surface area contributed by atoms with Crippen LogP contribution >= 0.6 is 0 Å². The number of carbonyl (C=O) groups is 1. The molecule has 0 fully saturated rings. The lowest BCUT2D eigenvalue weighted by molar-refractivity contribution is -0.144. The van der Waals surface area contributed by atoms with Crippen LogP contribution in [-0.4, -0.2) is 29.0 Å². The van der Waals surface area contributed by atoms with Crippen LogP contribution in [0.15, 0.2) is 36.5 Å². The number of anilines is 1. The maximum Gasteiger partial charge on any atom is 0.309 e. The van der Waals surface area contributed by atoms with E-state index in [1.165, 1.54) is 0 Å². The molecule has 0 saturated carbocycles. The van der Waals surface area contributed by atoms with Crippen LogP contribution in [0.1, 0.15) is 12.1 Å². The Morgan fingerprint density at radius 3 is 2.81 bits per heavy atom. The van der Waals surface area contributed by atoms with Crippen LogP contribution in [0, 0.1) is 0 Å². The normalized spacial score (nSPS) is 10.3. The van der Waals surface area contributed by atoms with E-state index in [4.69, 9.17) is 15.2 Å². The molecule has 2 aromatic rings. The molecule has 0 aliphatic carbocycles. The first-order valence-electron chi connectivity index (χ1n) is 6.76. The third-order valence-electron chi connectivity index (χ3n) is 3.03. The van der Waals surface area contributed by atoms with Gasteiger partial charge in [0.15, 0.2) is 0 Å². The predicted octanol–water partition coefficient (Wildman–Crippen LogP) is 1.56. The lowest BCUT2D eigenvalue weighted by Crippen LogP contribution is -2.13. The van der Waals surface area contributed by atoms with E-state index in [0.29, 0.717) is 24.5 Å². The molecule has 0 unspecified atom stereocenters. The van der Waals surface area contributed by atoms with Crippen LogP contribution in [0.2, 0.25) is 0 Å². The molecule has 0 atom stereocenters. The second-order valence-corrected chi connectivity index (χ2v) is 4.55. The summed E-state index contributed by atoms with van der Waals surface area (Å²) in [5.41, 5.74) is 7.32. The molecule has 0 bridgehead atoms. The van der Waals surface area contributed by atoms with Gasteiger partial charge in [-0.1, -0.05) is 12.1 Å². The first kappa shape index (κ1) is 14.9. The van der Waals surface area contributed by atoms with Crippen molar-refractivity contribution in [1.82, 2.24) is 9.78 Å². The zero-order chi connectivity index (χ0) is 15.1. The average molecular weight is 289 g/mol. The van der Waals surface area contributed by atoms with Gasteiger partial charge in [0, 0.05) is 25.4 Å². The maximum atomic E-state index is 11.6. The van der Waals surface area contributed by atoms with Crippen molar-refractivity contribution in [3.8, 4) is 5.75 Å². The SMILES string of the molecule is Cn1nccc1CCOC(=O)CCOc1ccccc1N. The van der Waals surface area contributed by atoms with Gasteiger partial charge in [0.2, 0.25) is 0 Å². The Kier molecular flexibility index (Phi) is 5.20. The molecule has 2 N–H and O–H groups in total. The van der Waals surface area contributed by atoms with Crippen molar-refractivity contribution in [2.24, 2.45) is 7.05 Å². The summed E-state index contributed by atoms with van der Waals surface area (Å²) < 4.78 is 12.3. The molecular weight excluding hydrogens is 270 g/mol. The number of benzene rings is 1. The highest BCUT2D eigenvalue weighted by Crippen LogP contribution is 2.19. The Hall–Kier alpha value is -2.50.